The summed E-state index contributed by atoms with van der Waals surface area (Å²) < 4.78 is 0. The lowest BCUT2D eigenvalue weighted by Crippen LogP contribution is -2.09. The van der Waals surface area contributed by atoms with E-state index >= 15 is 0 Å². The SMILES string of the molecule is Cc1cc(=O)[nH]c(-c2ccc(NC(=O)C=Cc3nccs3)cc2)n1. The molecule has 120 valence electrons. The fourth-order valence-corrected chi connectivity index (χ4v) is 2.60. The van der Waals surface area contributed by atoms with Gasteiger partial charge in [-0.1, -0.05) is 0 Å². The topological polar surface area (TPSA) is 87.7 Å². The number of carbonyl (C=O) groups excluding carboxylic acids is 1. The molecule has 0 saturated heterocycles. The Bertz CT molecular complexity index is 928. The first-order chi connectivity index (χ1) is 11.6. The summed E-state index contributed by atoms with van der Waals surface area (Å²) >= 11 is 1.46. The molecular weight excluding hydrogens is 324 g/mol. The van der Waals surface area contributed by atoms with Gasteiger partial charge in [-0.2, -0.15) is 0 Å². The number of hydrogen-bond donors (Lipinski definition) is 2. The fraction of sp³-hybridized carbons (Fsp3) is 0.0588. The van der Waals surface area contributed by atoms with Gasteiger partial charge in [0.2, 0.25) is 5.91 Å². The molecule has 0 aliphatic rings. The molecule has 0 radical (unpaired) electrons. The maximum absolute atomic E-state index is 11.9. The van der Waals surface area contributed by atoms with Crippen LogP contribution < -0.4 is 10.9 Å². The van der Waals surface area contributed by atoms with Crippen LogP contribution in [0.2, 0.25) is 0 Å². The van der Waals surface area contributed by atoms with E-state index in [1.807, 2.05) is 5.38 Å². The normalized spacial score (nSPS) is 10.9. The number of nitrogens with one attached hydrogen (secondary N) is 2. The Balaban J connectivity index is 1.70. The summed E-state index contributed by atoms with van der Waals surface area (Å²) in [6.07, 6.45) is 4.78. The number of nitrogens with zero attached hydrogens (tertiary/aromatic N) is 2. The number of aromatic amines is 1. The van der Waals surface area contributed by atoms with Crippen molar-refractivity contribution in [3.05, 3.63) is 69.0 Å². The van der Waals surface area contributed by atoms with Crippen LogP contribution in [0.5, 0.6) is 0 Å². The zero-order valence-electron chi connectivity index (χ0n) is 12.8. The summed E-state index contributed by atoms with van der Waals surface area (Å²) in [7, 11) is 0. The molecule has 2 aromatic heterocycles. The minimum Gasteiger partial charge on any atom is -0.323 e. The molecule has 0 aliphatic carbocycles. The molecule has 0 unspecified atom stereocenters. The Morgan fingerprint density at radius 2 is 2.08 bits per heavy atom. The molecule has 7 heteroatoms. The first-order valence-electron chi connectivity index (χ1n) is 7.17. The van der Waals surface area contributed by atoms with Crippen LogP contribution in [0.15, 0.2) is 52.8 Å². The highest BCUT2D eigenvalue weighted by atomic mass is 32.1. The Morgan fingerprint density at radius 1 is 1.29 bits per heavy atom. The summed E-state index contributed by atoms with van der Waals surface area (Å²) in [6.45, 7) is 1.77. The van der Waals surface area contributed by atoms with Crippen LogP contribution in [0.25, 0.3) is 17.5 Å². The summed E-state index contributed by atoms with van der Waals surface area (Å²) in [5.41, 5.74) is 1.88. The van der Waals surface area contributed by atoms with Gasteiger partial charge in [-0.05, 0) is 37.3 Å². The summed E-state index contributed by atoms with van der Waals surface area (Å²) in [4.78, 5) is 34.4. The molecule has 2 heterocycles. The smallest absolute Gasteiger partial charge is 0.251 e. The van der Waals surface area contributed by atoms with Gasteiger partial charge in [0.1, 0.15) is 10.8 Å². The molecule has 0 atom stereocenters. The quantitative estimate of drug-likeness (QED) is 0.716. The maximum Gasteiger partial charge on any atom is 0.251 e. The van der Waals surface area contributed by atoms with Crippen LogP contribution in [0, 0.1) is 6.92 Å². The van der Waals surface area contributed by atoms with E-state index in [0.717, 1.165) is 10.6 Å². The van der Waals surface area contributed by atoms with E-state index in [-0.39, 0.29) is 11.5 Å². The molecule has 3 aromatic rings. The summed E-state index contributed by atoms with van der Waals surface area (Å²) in [6, 6.07) is 8.53. The molecule has 0 spiro atoms. The van der Waals surface area contributed by atoms with Crippen LogP contribution in [0.3, 0.4) is 0 Å². The number of H-pyrrole nitrogens is 1. The standard InChI is InChI=1S/C17H14N4O2S/c1-11-10-15(23)21-17(19-11)12-2-4-13(5-3-12)20-14(22)6-7-16-18-8-9-24-16/h2-10H,1H3,(H,20,22)(H,19,21,23). The second kappa shape index (κ2) is 7.01. The van der Waals surface area contributed by atoms with E-state index in [4.69, 9.17) is 0 Å². The van der Waals surface area contributed by atoms with Crippen LogP contribution in [-0.2, 0) is 4.79 Å². The fourth-order valence-electron chi connectivity index (χ4n) is 2.07. The number of rotatable bonds is 4. The van der Waals surface area contributed by atoms with Crippen molar-refractivity contribution in [2.24, 2.45) is 0 Å². The average molecular weight is 338 g/mol. The largest absolute Gasteiger partial charge is 0.323 e. The van der Waals surface area contributed by atoms with Gasteiger partial charge in [-0.25, -0.2) is 9.97 Å². The number of aryl methyl sites for hydroxylation is 1. The Kier molecular flexibility index (Phi) is 4.62. The molecule has 6 nitrogen and oxygen atoms in total. The monoisotopic (exact) mass is 338 g/mol. The zero-order chi connectivity index (χ0) is 16.9. The van der Waals surface area contributed by atoms with E-state index in [9.17, 15) is 9.59 Å². The van der Waals surface area contributed by atoms with E-state index in [1.54, 1.807) is 43.5 Å². The number of hydrogen-bond acceptors (Lipinski definition) is 5. The van der Waals surface area contributed by atoms with E-state index < -0.39 is 0 Å². The third-order valence-electron chi connectivity index (χ3n) is 3.12. The zero-order valence-corrected chi connectivity index (χ0v) is 13.6. The van der Waals surface area contributed by atoms with Crippen molar-refractivity contribution in [3.63, 3.8) is 0 Å². The predicted octanol–water partition coefficient (Wildman–Crippen LogP) is 2.85. The second-order valence-electron chi connectivity index (χ2n) is 5.01. The molecule has 1 amide bonds. The Hall–Kier alpha value is -3.06. The van der Waals surface area contributed by atoms with Crippen molar-refractivity contribution in [2.75, 3.05) is 5.32 Å². The first kappa shape index (κ1) is 15.8. The van der Waals surface area contributed by atoms with Gasteiger partial charge in [0.25, 0.3) is 5.56 Å². The Labute approximate surface area is 141 Å². The first-order valence-corrected chi connectivity index (χ1v) is 8.05. The lowest BCUT2D eigenvalue weighted by molar-refractivity contribution is -0.111. The van der Waals surface area contributed by atoms with E-state index in [2.05, 4.69) is 20.3 Å². The number of carbonyl (C=O) groups is 1. The minimum absolute atomic E-state index is 0.192. The third-order valence-corrected chi connectivity index (χ3v) is 3.87. The average Bonchev–Trinajstić information content (AvgIpc) is 3.06. The predicted molar refractivity (Wildman–Crippen MR) is 94.8 cm³/mol. The maximum atomic E-state index is 11.9. The second-order valence-corrected chi connectivity index (χ2v) is 5.93. The van der Waals surface area contributed by atoms with Gasteiger partial charge in [-0.15, -0.1) is 11.3 Å². The number of benzene rings is 1. The Morgan fingerprint density at radius 3 is 2.75 bits per heavy atom. The van der Waals surface area contributed by atoms with Crippen molar-refractivity contribution in [2.45, 2.75) is 6.92 Å². The molecule has 0 fully saturated rings. The highest BCUT2D eigenvalue weighted by molar-refractivity contribution is 7.10. The van der Waals surface area contributed by atoms with Gasteiger partial charge >= 0.3 is 0 Å². The van der Waals surface area contributed by atoms with E-state index in [1.165, 1.54) is 23.5 Å². The molecule has 0 aliphatic heterocycles. The van der Waals surface area contributed by atoms with E-state index in [0.29, 0.717) is 17.2 Å². The molecule has 0 bridgehead atoms. The lowest BCUT2D eigenvalue weighted by Gasteiger charge is -2.05. The van der Waals surface area contributed by atoms with Gasteiger partial charge in [-0.3, -0.25) is 9.59 Å². The highest BCUT2D eigenvalue weighted by Crippen LogP contribution is 2.17. The third kappa shape index (κ3) is 4.02. The van der Waals surface area contributed by atoms with Gasteiger partial charge in [0, 0.05) is 40.7 Å². The molecule has 1 aromatic carbocycles. The number of thiazole rings is 1. The van der Waals surface area contributed by atoms with Crippen LogP contribution in [0.4, 0.5) is 5.69 Å². The van der Waals surface area contributed by atoms with Crippen LogP contribution in [0.1, 0.15) is 10.7 Å². The minimum atomic E-state index is -0.236. The van der Waals surface area contributed by atoms with Gasteiger partial charge in [0.15, 0.2) is 0 Å². The van der Waals surface area contributed by atoms with Crippen molar-refractivity contribution in [1.29, 1.82) is 0 Å². The van der Waals surface area contributed by atoms with Gasteiger partial charge in [0.05, 0.1) is 0 Å². The molecule has 2 N–H and O–H groups in total. The van der Waals surface area contributed by atoms with Crippen molar-refractivity contribution in [1.82, 2.24) is 15.0 Å². The molecule has 3 rings (SSSR count). The van der Waals surface area contributed by atoms with Gasteiger partial charge < -0.3 is 10.3 Å². The summed E-state index contributed by atoms with van der Waals surface area (Å²) in [5, 5.41) is 5.38. The van der Waals surface area contributed by atoms with Crippen molar-refractivity contribution >= 4 is 29.0 Å². The van der Waals surface area contributed by atoms with Crippen LogP contribution in [-0.4, -0.2) is 20.9 Å². The van der Waals surface area contributed by atoms with Crippen LogP contribution >= 0.6 is 11.3 Å². The lowest BCUT2D eigenvalue weighted by atomic mass is 10.2. The highest BCUT2D eigenvalue weighted by Gasteiger charge is 2.03. The van der Waals surface area contributed by atoms with Crippen molar-refractivity contribution < 1.29 is 4.79 Å². The van der Waals surface area contributed by atoms with Crippen molar-refractivity contribution in [3.8, 4) is 11.4 Å². The summed E-state index contributed by atoms with van der Waals surface area (Å²) in [5.74, 6) is 0.265. The number of aromatic nitrogens is 3. The number of anilines is 1. The number of amides is 1. The molecule has 0 saturated carbocycles. The molecular formula is C17H14N4O2S. The molecule has 24 heavy (non-hydrogen) atoms.